The highest BCUT2D eigenvalue weighted by molar-refractivity contribution is 6.08. The van der Waals surface area contributed by atoms with Gasteiger partial charge in [0.2, 0.25) is 11.4 Å². The molecule has 0 atom stereocenters. The van der Waals surface area contributed by atoms with Gasteiger partial charge in [0, 0.05) is 30.8 Å². The first-order chi connectivity index (χ1) is 14.9. The Morgan fingerprint density at radius 3 is 2.47 bits per heavy atom. The summed E-state index contributed by atoms with van der Waals surface area (Å²) in [6.07, 6.45) is 1.38. The Hall–Kier alpha value is -2.68. The lowest BCUT2D eigenvalue weighted by molar-refractivity contribution is -0.660. The third kappa shape index (κ3) is 3.98. The first-order valence-corrected chi connectivity index (χ1v) is 10.7. The molecule has 156 valence electrons. The Bertz CT molecular complexity index is 1310. The average molecular weight is 404 g/mol. The summed E-state index contributed by atoms with van der Waals surface area (Å²) in [5.41, 5.74) is 5.84. The number of nitrogens with zero attached hydrogens (tertiary/aromatic N) is 2. The lowest BCUT2D eigenvalue weighted by Gasteiger charge is -2.17. The molecule has 0 saturated carbocycles. The molecule has 0 aliphatic carbocycles. The van der Waals surface area contributed by atoms with Crippen molar-refractivity contribution in [2.24, 2.45) is 18.4 Å². The zero-order valence-corrected chi connectivity index (χ0v) is 19.1. The van der Waals surface area contributed by atoms with Crippen LogP contribution in [-0.4, -0.2) is 4.98 Å². The summed E-state index contributed by atoms with van der Waals surface area (Å²) in [5, 5.41) is 2.08. The maximum Gasteiger partial charge on any atom is 0.227 e. The van der Waals surface area contributed by atoms with Crippen LogP contribution in [0.15, 0.2) is 47.0 Å². The van der Waals surface area contributed by atoms with Crippen LogP contribution in [0, 0.1) is 18.3 Å². The summed E-state index contributed by atoms with van der Waals surface area (Å²) in [7, 11) is 1.97. The highest BCUT2D eigenvalue weighted by Crippen LogP contribution is 2.36. The highest BCUT2D eigenvalue weighted by Gasteiger charge is 2.22. The zero-order valence-electron chi connectivity index (χ0n) is 21.1. The van der Waals surface area contributed by atoms with E-state index >= 15 is 0 Å². The third-order valence-corrected chi connectivity index (χ3v) is 5.30. The van der Waals surface area contributed by atoms with Crippen LogP contribution in [0.3, 0.4) is 0 Å². The molecule has 1 aromatic carbocycles. The molecule has 4 aromatic rings. The van der Waals surface area contributed by atoms with Gasteiger partial charge in [-0.2, -0.15) is 0 Å². The Morgan fingerprint density at radius 2 is 1.80 bits per heavy atom. The highest BCUT2D eigenvalue weighted by atomic mass is 16.3. The molecule has 3 nitrogen and oxygen atoms in total. The van der Waals surface area contributed by atoms with Crippen LogP contribution < -0.4 is 4.57 Å². The molecule has 0 aliphatic heterocycles. The van der Waals surface area contributed by atoms with E-state index in [4.69, 9.17) is 12.1 Å². The fourth-order valence-corrected chi connectivity index (χ4v) is 4.08. The van der Waals surface area contributed by atoms with Gasteiger partial charge in [-0.1, -0.05) is 46.8 Å². The Kier molecular flexibility index (Phi) is 4.55. The molecule has 0 unspecified atom stereocenters. The van der Waals surface area contributed by atoms with Crippen LogP contribution in [0.2, 0.25) is 0 Å². The lowest BCUT2D eigenvalue weighted by atomic mass is 9.88. The molecule has 3 heterocycles. The van der Waals surface area contributed by atoms with Gasteiger partial charge in [-0.15, -0.1) is 0 Å². The molecule has 3 heteroatoms. The summed E-state index contributed by atoms with van der Waals surface area (Å²) in [5.74, 6) is 0.536. The van der Waals surface area contributed by atoms with E-state index in [-0.39, 0.29) is 0 Å². The minimum Gasteiger partial charge on any atom is -0.437 e. The lowest BCUT2D eigenvalue weighted by Crippen LogP contribution is -2.32. The molecule has 0 aliphatic rings. The second-order valence-electron chi connectivity index (χ2n) is 9.78. The van der Waals surface area contributed by atoms with E-state index in [1.807, 2.05) is 50.7 Å². The maximum atomic E-state index is 8.63. The van der Waals surface area contributed by atoms with Gasteiger partial charge in [0.25, 0.3) is 0 Å². The number of hydrogen-bond donors (Lipinski definition) is 0. The van der Waals surface area contributed by atoms with Crippen molar-refractivity contribution in [2.45, 2.75) is 54.3 Å². The van der Waals surface area contributed by atoms with Gasteiger partial charge in [-0.25, -0.2) is 9.55 Å². The van der Waals surface area contributed by atoms with Crippen molar-refractivity contribution in [1.29, 1.82) is 0 Å². The van der Waals surface area contributed by atoms with Crippen LogP contribution >= 0.6 is 0 Å². The number of benzene rings is 1. The largest absolute Gasteiger partial charge is 0.437 e. The van der Waals surface area contributed by atoms with Crippen molar-refractivity contribution < 1.29 is 11.7 Å². The number of pyridine rings is 2. The third-order valence-electron chi connectivity index (χ3n) is 5.30. The number of rotatable bonds is 4. The monoisotopic (exact) mass is 403 g/mol. The summed E-state index contributed by atoms with van der Waals surface area (Å²) in [6.45, 7) is 12.3. The Labute approximate surface area is 182 Å². The number of fused-ring (bicyclic) bond motifs is 3. The van der Waals surface area contributed by atoms with E-state index in [1.54, 1.807) is 0 Å². The number of furan rings is 1. The van der Waals surface area contributed by atoms with Gasteiger partial charge in [-0.05, 0) is 54.8 Å². The van der Waals surface area contributed by atoms with Crippen LogP contribution in [0.5, 0.6) is 0 Å². The molecule has 3 aromatic heterocycles. The van der Waals surface area contributed by atoms with Crippen LogP contribution in [-0.2, 0) is 19.8 Å². The van der Waals surface area contributed by atoms with Crippen molar-refractivity contribution in [3.63, 3.8) is 0 Å². The molecular formula is C27H33N2O+. The normalized spacial score (nSPS) is 13.9. The van der Waals surface area contributed by atoms with Gasteiger partial charge in [-0.3, -0.25) is 0 Å². The molecule has 0 saturated heterocycles. The predicted octanol–water partition coefficient (Wildman–Crippen LogP) is 6.57. The molecule has 0 N–H and O–H groups in total. The van der Waals surface area contributed by atoms with Gasteiger partial charge >= 0.3 is 0 Å². The van der Waals surface area contributed by atoms with Crippen molar-refractivity contribution in [2.75, 3.05) is 0 Å². The maximum absolute atomic E-state index is 8.63. The Balaban J connectivity index is 1.90. The predicted molar refractivity (Wildman–Crippen MR) is 125 cm³/mol. The summed E-state index contributed by atoms with van der Waals surface area (Å²) in [4.78, 5) is 4.79. The standard InChI is InChI=1S/C27H33N2O/c1-17(2)14-20-10-12-22-21-11-8-18(3)24(25(21)30-26(22)28-20)23-13-9-19(16-29(23)7)15-27(4,5)6/h8-13,16-17H,14-15H2,1-7H3/q+1/i15D2. The number of hydrogen-bond acceptors (Lipinski definition) is 2. The molecule has 0 radical (unpaired) electrons. The van der Waals surface area contributed by atoms with E-state index in [9.17, 15) is 0 Å². The molecular weight excluding hydrogens is 368 g/mol. The van der Waals surface area contributed by atoms with Crippen LogP contribution in [0.1, 0.15) is 54.2 Å². The zero-order chi connectivity index (χ0) is 23.4. The molecule has 0 fully saturated rings. The second-order valence-corrected chi connectivity index (χ2v) is 9.78. The smallest absolute Gasteiger partial charge is 0.227 e. The van der Waals surface area contributed by atoms with Crippen molar-refractivity contribution in [3.8, 4) is 11.3 Å². The van der Waals surface area contributed by atoms with Crippen LogP contribution in [0.4, 0.5) is 0 Å². The topological polar surface area (TPSA) is 29.9 Å². The first kappa shape index (κ1) is 18.1. The van der Waals surface area contributed by atoms with Crippen LogP contribution in [0.25, 0.3) is 33.3 Å². The van der Waals surface area contributed by atoms with E-state index in [0.717, 1.165) is 45.3 Å². The van der Waals surface area contributed by atoms with E-state index in [1.165, 1.54) is 0 Å². The quantitative estimate of drug-likeness (QED) is 0.361. The average Bonchev–Trinajstić information content (AvgIpc) is 3.04. The fourth-order valence-electron chi connectivity index (χ4n) is 4.08. The van der Waals surface area contributed by atoms with E-state index in [2.05, 4.69) is 45.0 Å². The molecule has 0 spiro atoms. The van der Waals surface area contributed by atoms with E-state index in [0.29, 0.717) is 17.2 Å². The summed E-state index contributed by atoms with van der Waals surface area (Å²) in [6, 6.07) is 12.4. The van der Waals surface area contributed by atoms with Crippen molar-refractivity contribution in [1.82, 2.24) is 4.98 Å². The summed E-state index contributed by atoms with van der Waals surface area (Å²) < 4.78 is 25.6. The first-order valence-electron chi connectivity index (χ1n) is 11.7. The second kappa shape index (κ2) is 7.54. The Morgan fingerprint density at radius 1 is 1.07 bits per heavy atom. The molecule has 0 amide bonds. The van der Waals surface area contributed by atoms with E-state index < -0.39 is 11.8 Å². The van der Waals surface area contributed by atoms with Gasteiger partial charge in [0.15, 0.2) is 11.8 Å². The van der Waals surface area contributed by atoms with Gasteiger partial charge < -0.3 is 4.42 Å². The SMILES string of the molecule is [2H]C([2H])(c1ccc(-c2c(C)ccc3c2oc2nc(CC(C)C)ccc23)[n+](C)c1)C(C)(C)C. The van der Waals surface area contributed by atoms with Gasteiger partial charge in [0.05, 0.1) is 5.56 Å². The fraction of sp³-hybridized carbons (Fsp3) is 0.407. The molecule has 30 heavy (non-hydrogen) atoms. The van der Waals surface area contributed by atoms with Gasteiger partial charge in [0.1, 0.15) is 7.05 Å². The molecule has 4 rings (SSSR count). The van der Waals surface area contributed by atoms with Crippen molar-refractivity contribution >= 4 is 22.1 Å². The number of aromatic nitrogens is 2. The number of aryl methyl sites for hydroxylation is 2. The summed E-state index contributed by atoms with van der Waals surface area (Å²) >= 11 is 0. The minimum absolute atomic E-state index is 0.504. The van der Waals surface area contributed by atoms with Crippen molar-refractivity contribution in [3.05, 3.63) is 59.4 Å². The minimum atomic E-state index is -1.44. The molecule has 0 bridgehead atoms.